The summed E-state index contributed by atoms with van der Waals surface area (Å²) < 4.78 is 18.0. The number of hydrogen-bond acceptors (Lipinski definition) is 13. The summed E-state index contributed by atoms with van der Waals surface area (Å²) in [5, 5.41) is 7.54. The molecule has 3 aromatic rings. The third-order valence-corrected chi connectivity index (χ3v) is 15.4. The molecule has 424 valence electrons. The van der Waals surface area contributed by atoms with E-state index in [0.717, 1.165) is 22.0 Å². The van der Waals surface area contributed by atoms with Gasteiger partial charge in [-0.3, -0.25) is 33.7 Å². The van der Waals surface area contributed by atoms with Crippen LogP contribution in [0.4, 0.5) is 0 Å². The number of carbonyl (C=O) groups is 8. The lowest BCUT2D eigenvalue weighted by Gasteiger charge is -2.41. The number of carbonyl (C=O) groups excluding carboxylic acids is 8. The van der Waals surface area contributed by atoms with E-state index in [-0.39, 0.29) is 74.2 Å². The van der Waals surface area contributed by atoms with Crippen LogP contribution in [0.25, 0.3) is 10.9 Å². The van der Waals surface area contributed by atoms with Crippen molar-refractivity contribution in [1.82, 2.24) is 35.4 Å². The van der Waals surface area contributed by atoms with Crippen LogP contribution in [0.1, 0.15) is 124 Å². The van der Waals surface area contributed by atoms with Gasteiger partial charge in [-0.05, 0) is 74.2 Å². The molecule has 19 heteroatoms. The highest BCUT2D eigenvalue weighted by Gasteiger charge is 2.44. The summed E-state index contributed by atoms with van der Waals surface area (Å²) in [5.41, 5.74) is 2.56. The number of aromatic amines is 1. The number of hydrogen-bond donors (Lipinski definition) is 3. The normalized spacial score (nSPS) is 18.0. The molecule has 3 N–H and O–H groups in total. The molecule has 77 heavy (non-hydrogen) atoms. The maximum Gasteiger partial charge on any atom is 0.333 e. The molecular weight excluding hydrogens is 987 g/mol. The Balaban J connectivity index is 1.22. The predicted octanol–water partition coefficient (Wildman–Crippen LogP) is 6.12. The minimum absolute atomic E-state index is 0.0279. The number of ether oxygens (including phenoxy) is 3. The van der Waals surface area contributed by atoms with Crippen LogP contribution in [0.15, 0.2) is 60.8 Å². The molecule has 0 bridgehead atoms. The summed E-state index contributed by atoms with van der Waals surface area (Å²) in [4.78, 5) is 121. The molecule has 0 saturated carbocycles. The minimum atomic E-state index is -1.02. The number of para-hydroxylation sites is 1. The molecule has 0 radical (unpaired) electrons. The molecule has 19 nitrogen and oxygen atoms in total. The summed E-state index contributed by atoms with van der Waals surface area (Å²) in [5.74, 6) is -4.83. The third-order valence-electron chi connectivity index (χ3n) is 15.4. The number of nitrogens with one attached hydrogen (secondary N) is 3. The van der Waals surface area contributed by atoms with E-state index in [2.05, 4.69) is 15.6 Å². The van der Waals surface area contributed by atoms with Crippen molar-refractivity contribution in [3.8, 4) is 0 Å². The van der Waals surface area contributed by atoms with Crippen LogP contribution in [-0.4, -0.2) is 156 Å². The van der Waals surface area contributed by atoms with Crippen molar-refractivity contribution >= 4 is 58.3 Å². The van der Waals surface area contributed by atoms with Crippen LogP contribution < -0.4 is 10.6 Å². The van der Waals surface area contributed by atoms with Crippen molar-refractivity contribution in [3.63, 3.8) is 0 Å². The number of hydroxylamine groups is 2. The number of amides is 6. The summed E-state index contributed by atoms with van der Waals surface area (Å²) in [6.07, 6.45) is 4.27. The third kappa shape index (κ3) is 16.4. The molecule has 2 fully saturated rings. The highest BCUT2D eigenvalue weighted by molar-refractivity contribution is 6.01. The molecule has 0 spiro atoms. The van der Waals surface area contributed by atoms with Crippen LogP contribution >= 0.6 is 0 Å². The summed E-state index contributed by atoms with van der Waals surface area (Å²) in [6, 6.07) is 13.5. The molecule has 2 aliphatic rings. The van der Waals surface area contributed by atoms with Crippen LogP contribution in [0.5, 0.6) is 0 Å². The van der Waals surface area contributed by atoms with Crippen LogP contribution in [0.3, 0.4) is 0 Å². The number of likely N-dealkylation sites (tertiary alicyclic amines) is 1. The highest BCUT2D eigenvalue weighted by atomic mass is 16.7. The van der Waals surface area contributed by atoms with E-state index in [0.29, 0.717) is 56.7 Å². The van der Waals surface area contributed by atoms with Gasteiger partial charge in [0, 0.05) is 70.6 Å². The lowest BCUT2D eigenvalue weighted by Crippen LogP contribution is -2.60. The van der Waals surface area contributed by atoms with Crippen molar-refractivity contribution in [2.24, 2.45) is 23.7 Å². The van der Waals surface area contributed by atoms with Crippen LogP contribution in [0, 0.1) is 23.7 Å². The Hall–Kier alpha value is -6.18. The number of nitrogens with zero attached hydrogens (tertiary/aromatic N) is 4. The predicted molar refractivity (Wildman–Crippen MR) is 290 cm³/mol. The second-order valence-electron chi connectivity index (χ2n) is 21.6. The van der Waals surface area contributed by atoms with E-state index < -0.39 is 78.0 Å². The van der Waals surface area contributed by atoms with Gasteiger partial charge in [0.2, 0.25) is 23.6 Å². The largest absolute Gasteiger partial charge is 0.459 e. The fraction of sp³-hybridized carbons (Fsp3) is 0.621. The van der Waals surface area contributed by atoms with Gasteiger partial charge in [0.05, 0.1) is 42.7 Å². The van der Waals surface area contributed by atoms with Gasteiger partial charge >= 0.3 is 11.9 Å². The number of fused-ring (bicyclic) bond motifs is 1. The second kappa shape index (κ2) is 29.5. The van der Waals surface area contributed by atoms with Gasteiger partial charge < -0.3 is 44.5 Å². The first kappa shape index (κ1) is 61.7. The molecule has 5 rings (SSSR count). The van der Waals surface area contributed by atoms with Gasteiger partial charge in [-0.25, -0.2) is 9.59 Å². The summed E-state index contributed by atoms with van der Waals surface area (Å²) in [6.45, 7) is 14.4. The van der Waals surface area contributed by atoms with Crippen molar-refractivity contribution in [2.45, 2.75) is 168 Å². The van der Waals surface area contributed by atoms with E-state index >= 15 is 0 Å². The first-order valence-electron chi connectivity index (χ1n) is 27.5. The Morgan fingerprint density at radius 3 is 2.13 bits per heavy atom. The number of rotatable bonds is 30. The molecule has 0 aliphatic carbocycles. The highest BCUT2D eigenvalue weighted by Crippen LogP contribution is 2.30. The van der Waals surface area contributed by atoms with Gasteiger partial charge in [0.1, 0.15) is 18.7 Å². The van der Waals surface area contributed by atoms with Crippen molar-refractivity contribution in [1.29, 1.82) is 0 Å². The lowest BCUT2D eigenvalue weighted by molar-refractivity contribution is -0.197. The Labute approximate surface area is 454 Å². The maximum atomic E-state index is 14.7. The van der Waals surface area contributed by atoms with E-state index in [4.69, 9.17) is 19.0 Å². The van der Waals surface area contributed by atoms with Gasteiger partial charge in [0.25, 0.3) is 11.8 Å². The van der Waals surface area contributed by atoms with Crippen molar-refractivity contribution < 1.29 is 57.4 Å². The fourth-order valence-corrected chi connectivity index (χ4v) is 10.9. The van der Waals surface area contributed by atoms with E-state index in [1.165, 1.54) is 14.2 Å². The molecule has 2 aromatic carbocycles. The molecular formula is C58H85N7O12. The number of benzene rings is 2. The van der Waals surface area contributed by atoms with Crippen molar-refractivity contribution in [3.05, 3.63) is 71.9 Å². The zero-order valence-electron chi connectivity index (χ0n) is 47.2. The molecule has 1 aromatic heterocycles. The molecule has 9 atom stereocenters. The summed E-state index contributed by atoms with van der Waals surface area (Å²) in [7, 11) is 6.60. The number of aromatic nitrogens is 1. The average molecular weight is 1070 g/mol. The first-order chi connectivity index (χ1) is 36.7. The maximum absolute atomic E-state index is 14.7. The molecule has 0 unspecified atom stereocenters. The smallest absolute Gasteiger partial charge is 0.333 e. The van der Waals surface area contributed by atoms with Gasteiger partial charge in [-0.2, -0.15) is 0 Å². The SMILES string of the molecule is CC[C@H](C)[C@@H]([C@@H](CC(=O)N1CCC[C@H]1[C@H](OC)[C@@H](C)C(=O)N[C@@H](Cc1c[nH]c2ccccc12)C(=O)OCc1ccccc1)OC)N(C)C(=O)[C@@H](NC(=O)[C@H](C(C)C)N(C)CCCCCC(=O)ON1C(=O)CCC1=O)C(C)C. The Kier molecular flexibility index (Phi) is 23.7. The Morgan fingerprint density at radius 1 is 0.818 bits per heavy atom. The quantitative estimate of drug-likeness (QED) is 0.0389. The Morgan fingerprint density at radius 2 is 1.49 bits per heavy atom. The molecule has 2 saturated heterocycles. The first-order valence-corrected chi connectivity index (χ1v) is 27.5. The topological polar surface area (TPSA) is 226 Å². The zero-order chi connectivity index (χ0) is 56.5. The van der Waals surface area contributed by atoms with E-state index in [1.807, 2.05) is 114 Å². The number of likely N-dealkylation sites (N-methyl/N-ethyl adjacent to an activating group) is 2. The van der Waals surface area contributed by atoms with Crippen molar-refractivity contribution in [2.75, 3.05) is 41.4 Å². The van der Waals surface area contributed by atoms with Gasteiger partial charge in [-0.15, -0.1) is 5.06 Å². The number of unbranched alkanes of at least 4 members (excludes halogenated alkanes) is 2. The van der Waals surface area contributed by atoms with E-state index in [9.17, 15) is 38.4 Å². The van der Waals surface area contributed by atoms with Crippen LogP contribution in [-0.2, 0) is 70.4 Å². The average Bonchev–Trinajstić information content (AvgIpc) is 4.15. The van der Waals surface area contributed by atoms with Crippen LogP contribution in [0.2, 0.25) is 0 Å². The zero-order valence-corrected chi connectivity index (χ0v) is 47.2. The fourth-order valence-electron chi connectivity index (χ4n) is 10.9. The molecule has 3 heterocycles. The number of imide groups is 1. The minimum Gasteiger partial charge on any atom is -0.459 e. The number of esters is 1. The second-order valence-corrected chi connectivity index (χ2v) is 21.6. The number of H-pyrrole nitrogens is 1. The van der Waals surface area contributed by atoms with E-state index in [1.54, 1.807) is 23.8 Å². The number of methoxy groups -OCH3 is 2. The monoisotopic (exact) mass is 1070 g/mol. The summed E-state index contributed by atoms with van der Waals surface area (Å²) >= 11 is 0. The van der Waals surface area contributed by atoms with Gasteiger partial charge in [-0.1, -0.05) is 110 Å². The Bertz CT molecular complexity index is 2450. The molecule has 2 aliphatic heterocycles. The standard InChI is InChI=1S/C58H85N7O12/c1-12-38(6)53(63(9)57(72)51(36(2)3)61-56(71)52(37(4)5)62(8)30-20-14-17-27-50(69)77-65-47(66)28-29-48(65)67)46(74-10)33-49(68)64-31-21-26-45(64)54(75-11)39(7)55(70)60-44(58(73)76-35-40-22-15-13-16-23-40)32-41-34-59-43-25-19-18-24-42(41)43/h13,15-16,18-19,22-25,34,36-39,44-46,51-54,59H,12,14,17,20-21,26-33,35H2,1-11H3,(H,60,70)(H,61,71)/t38-,39+,44-,45-,46+,51-,52-,53-,54+/m0/s1. The van der Waals surface area contributed by atoms with Gasteiger partial charge in [0.15, 0.2) is 0 Å². The molecule has 6 amide bonds. The lowest BCUT2D eigenvalue weighted by atomic mass is 9.89.